The molecule has 0 aliphatic carbocycles. The Morgan fingerprint density at radius 1 is 1.21 bits per heavy atom. The fourth-order valence-corrected chi connectivity index (χ4v) is 3.14. The number of ether oxygens (including phenoxy) is 1. The van der Waals surface area contributed by atoms with E-state index in [2.05, 4.69) is 17.2 Å². The van der Waals surface area contributed by atoms with Gasteiger partial charge < -0.3 is 25.0 Å². The second kappa shape index (κ2) is 11.4. The van der Waals surface area contributed by atoms with Crippen LogP contribution in [0.4, 0.5) is 10.5 Å². The highest BCUT2D eigenvalue weighted by atomic mass is 16.6. The van der Waals surface area contributed by atoms with Crippen molar-refractivity contribution in [3.63, 3.8) is 0 Å². The largest absolute Gasteiger partial charge is 0.481 e. The molecule has 0 saturated heterocycles. The molecule has 9 nitrogen and oxygen atoms in total. The summed E-state index contributed by atoms with van der Waals surface area (Å²) in [6.45, 7) is 5.71. The third-order valence-electron chi connectivity index (χ3n) is 4.80. The van der Waals surface area contributed by atoms with Gasteiger partial charge in [-0.15, -0.1) is 0 Å². The van der Waals surface area contributed by atoms with Crippen LogP contribution in [0.25, 0.3) is 0 Å². The highest BCUT2D eigenvalue weighted by Crippen LogP contribution is 2.26. The Balaban J connectivity index is 1.96. The van der Waals surface area contributed by atoms with Gasteiger partial charge in [0.25, 0.3) is 5.91 Å². The third-order valence-corrected chi connectivity index (χ3v) is 4.80. The van der Waals surface area contributed by atoms with Crippen molar-refractivity contribution in [2.75, 3.05) is 31.6 Å². The van der Waals surface area contributed by atoms with E-state index < -0.39 is 17.7 Å². The molecule has 0 spiro atoms. The van der Waals surface area contributed by atoms with Crippen molar-refractivity contribution in [3.8, 4) is 11.8 Å². The number of carbonyl (C=O) groups excluding carboxylic acids is 3. The Morgan fingerprint density at radius 3 is 2.61 bits per heavy atom. The highest BCUT2D eigenvalue weighted by Gasteiger charge is 2.30. The summed E-state index contributed by atoms with van der Waals surface area (Å²) in [5.74, 6) is 4.38. The number of likely N-dealkylation sites (N-methyl/N-ethyl adjacent to an activating group) is 1. The number of rotatable bonds is 7. The van der Waals surface area contributed by atoms with Gasteiger partial charge in [0.05, 0.1) is 17.7 Å². The molecule has 1 aliphatic rings. The van der Waals surface area contributed by atoms with Crippen LogP contribution in [0.1, 0.15) is 62.4 Å². The predicted octanol–water partition coefficient (Wildman–Crippen LogP) is 2.63. The first-order valence-electron chi connectivity index (χ1n) is 10.9. The van der Waals surface area contributed by atoms with Crippen LogP contribution < -0.4 is 10.2 Å². The molecule has 0 aromatic heterocycles. The number of amides is 3. The number of fused-ring (bicyclic) bond motifs is 1. The van der Waals surface area contributed by atoms with E-state index in [-0.39, 0.29) is 31.3 Å². The van der Waals surface area contributed by atoms with E-state index in [9.17, 15) is 19.2 Å². The van der Waals surface area contributed by atoms with Gasteiger partial charge in [-0.3, -0.25) is 14.4 Å². The third kappa shape index (κ3) is 8.15. The molecule has 0 saturated carbocycles. The fourth-order valence-electron chi connectivity index (χ4n) is 3.14. The molecule has 0 radical (unpaired) electrons. The number of nitrogens with zero attached hydrogens (tertiary/aromatic N) is 2. The first kappa shape index (κ1) is 25.7. The van der Waals surface area contributed by atoms with Crippen LogP contribution >= 0.6 is 0 Å². The van der Waals surface area contributed by atoms with Crippen LogP contribution in [-0.2, 0) is 14.3 Å². The summed E-state index contributed by atoms with van der Waals surface area (Å²) >= 11 is 0. The predicted molar refractivity (Wildman–Crippen MR) is 123 cm³/mol. The lowest BCUT2D eigenvalue weighted by Gasteiger charge is -2.19. The van der Waals surface area contributed by atoms with E-state index in [1.807, 2.05) is 20.8 Å². The van der Waals surface area contributed by atoms with E-state index >= 15 is 0 Å². The Hall–Kier alpha value is -3.54. The molecular weight excluding hydrogens is 426 g/mol. The van der Waals surface area contributed by atoms with Gasteiger partial charge in [-0.1, -0.05) is 11.8 Å². The summed E-state index contributed by atoms with van der Waals surface area (Å²) < 4.78 is 5.17. The van der Waals surface area contributed by atoms with Gasteiger partial charge >= 0.3 is 12.1 Å². The van der Waals surface area contributed by atoms with Crippen molar-refractivity contribution in [2.45, 2.75) is 52.1 Å². The number of carboxylic acid groups (broad SMARTS) is 1. The lowest BCUT2D eigenvalue weighted by atomic mass is 10.1. The number of alkyl carbamates (subject to hydrolysis) is 1. The van der Waals surface area contributed by atoms with Crippen LogP contribution in [0.15, 0.2) is 18.2 Å². The number of nitrogens with one attached hydrogen (secondary N) is 1. The Bertz CT molecular complexity index is 971. The number of hydrogen-bond acceptors (Lipinski definition) is 5. The Morgan fingerprint density at radius 2 is 1.94 bits per heavy atom. The highest BCUT2D eigenvalue weighted by molar-refractivity contribution is 6.09. The average molecular weight is 458 g/mol. The van der Waals surface area contributed by atoms with Crippen molar-refractivity contribution in [2.24, 2.45) is 0 Å². The molecule has 0 atom stereocenters. The second-order valence-corrected chi connectivity index (χ2v) is 8.74. The van der Waals surface area contributed by atoms with E-state index in [4.69, 9.17) is 9.84 Å². The standard InChI is InChI=1S/C24H31N3O6/c1-24(2,3)33-23(32)25-13-8-6-5-7-9-17-10-11-19-18(15-17)22(31)27(14-12-21(29)30)16-20(28)26(19)4/h10-11,15H,5-6,8,12-14,16H2,1-4H3,(H,25,32)(H,29,30). The molecule has 1 aliphatic heterocycles. The summed E-state index contributed by atoms with van der Waals surface area (Å²) in [4.78, 5) is 50.5. The monoisotopic (exact) mass is 457 g/mol. The quantitative estimate of drug-likeness (QED) is 0.480. The maximum atomic E-state index is 12.9. The number of unbranched alkanes of at least 4 members (excludes halogenated alkanes) is 2. The number of aliphatic carboxylic acids is 1. The smallest absolute Gasteiger partial charge is 0.407 e. The molecular formula is C24H31N3O6. The molecule has 0 fully saturated rings. The molecule has 1 heterocycles. The maximum Gasteiger partial charge on any atom is 0.407 e. The molecule has 33 heavy (non-hydrogen) atoms. The first-order chi connectivity index (χ1) is 15.5. The Kier molecular flexibility index (Phi) is 8.85. The molecule has 0 unspecified atom stereocenters. The van der Waals surface area contributed by atoms with Gasteiger partial charge in [0.2, 0.25) is 5.91 Å². The molecule has 1 aromatic rings. The van der Waals surface area contributed by atoms with Crippen molar-refractivity contribution in [1.82, 2.24) is 10.2 Å². The summed E-state index contributed by atoms with van der Waals surface area (Å²) in [5.41, 5.74) is 0.902. The molecule has 0 bridgehead atoms. The van der Waals surface area contributed by atoms with Crippen LogP contribution in [-0.4, -0.2) is 66.2 Å². The normalized spacial score (nSPS) is 13.6. The molecule has 2 N–H and O–H groups in total. The topological polar surface area (TPSA) is 116 Å². The van der Waals surface area contributed by atoms with Gasteiger partial charge in [0.1, 0.15) is 12.1 Å². The minimum atomic E-state index is -1.03. The molecule has 1 aromatic carbocycles. The zero-order valence-corrected chi connectivity index (χ0v) is 19.6. The number of benzene rings is 1. The number of hydrogen-bond donors (Lipinski definition) is 2. The molecule has 3 amide bonds. The van der Waals surface area contributed by atoms with Crippen molar-refractivity contribution in [1.29, 1.82) is 0 Å². The van der Waals surface area contributed by atoms with Crippen LogP contribution in [0.3, 0.4) is 0 Å². The molecule has 2 rings (SSSR count). The molecule has 178 valence electrons. The first-order valence-corrected chi connectivity index (χ1v) is 10.9. The number of carboxylic acids is 1. The minimum Gasteiger partial charge on any atom is -0.481 e. The van der Waals surface area contributed by atoms with Gasteiger partial charge in [0, 0.05) is 32.1 Å². The fraction of sp³-hybridized carbons (Fsp3) is 0.500. The lowest BCUT2D eigenvalue weighted by Crippen LogP contribution is -2.38. The van der Waals surface area contributed by atoms with E-state index in [1.54, 1.807) is 25.2 Å². The maximum absolute atomic E-state index is 12.9. The van der Waals surface area contributed by atoms with Gasteiger partial charge in [0.15, 0.2) is 0 Å². The SMILES string of the molecule is CN1C(=O)CN(CCC(=O)O)C(=O)c2cc(C#CCCCCNC(=O)OC(C)(C)C)ccc21. The van der Waals surface area contributed by atoms with Crippen molar-refractivity contribution < 1.29 is 29.0 Å². The van der Waals surface area contributed by atoms with E-state index in [0.29, 0.717) is 29.8 Å². The number of carbonyl (C=O) groups is 4. The van der Waals surface area contributed by atoms with Crippen LogP contribution in [0.5, 0.6) is 0 Å². The van der Waals surface area contributed by atoms with E-state index in [0.717, 1.165) is 12.8 Å². The summed E-state index contributed by atoms with van der Waals surface area (Å²) in [5, 5.41) is 11.6. The van der Waals surface area contributed by atoms with Crippen LogP contribution in [0.2, 0.25) is 0 Å². The molecule has 9 heteroatoms. The summed E-state index contributed by atoms with van der Waals surface area (Å²) in [7, 11) is 1.59. The van der Waals surface area contributed by atoms with Crippen molar-refractivity contribution in [3.05, 3.63) is 29.3 Å². The van der Waals surface area contributed by atoms with Gasteiger partial charge in [-0.25, -0.2) is 4.79 Å². The van der Waals surface area contributed by atoms with Gasteiger partial charge in [-0.05, 0) is 51.8 Å². The van der Waals surface area contributed by atoms with Crippen LogP contribution in [0, 0.1) is 11.8 Å². The van der Waals surface area contributed by atoms with E-state index in [1.165, 1.54) is 9.80 Å². The summed E-state index contributed by atoms with van der Waals surface area (Å²) in [6, 6.07) is 5.07. The number of anilines is 1. The van der Waals surface area contributed by atoms with Crippen molar-refractivity contribution >= 4 is 29.6 Å². The minimum absolute atomic E-state index is 0.0412. The average Bonchev–Trinajstić information content (AvgIpc) is 2.81. The lowest BCUT2D eigenvalue weighted by molar-refractivity contribution is -0.137. The van der Waals surface area contributed by atoms with Gasteiger partial charge in [-0.2, -0.15) is 0 Å². The summed E-state index contributed by atoms with van der Waals surface area (Å²) in [6.07, 6.45) is 1.48. The zero-order valence-electron chi connectivity index (χ0n) is 19.6. The zero-order chi connectivity index (χ0) is 24.6. The second-order valence-electron chi connectivity index (χ2n) is 8.74. The Labute approximate surface area is 194 Å².